The van der Waals surface area contributed by atoms with Crippen LogP contribution in [0.3, 0.4) is 0 Å². The van der Waals surface area contributed by atoms with Crippen LogP contribution in [0.5, 0.6) is 0 Å². The minimum absolute atomic E-state index is 0.166. The Morgan fingerprint density at radius 2 is 2.28 bits per heavy atom. The molecule has 11 heteroatoms. The highest BCUT2D eigenvalue weighted by atomic mass is 19.2. The van der Waals surface area contributed by atoms with Crippen molar-refractivity contribution >= 4 is 11.9 Å². The van der Waals surface area contributed by atoms with E-state index in [1.54, 1.807) is 19.9 Å². The second-order valence-corrected chi connectivity index (χ2v) is 6.13. The van der Waals surface area contributed by atoms with Gasteiger partial charge in [-0.3, -0.25) is 4.79 Å². The van der Waals surface area contributed by atoms with Gasteiger partial charge in [-0.1, -0.05) is 13.8 Å². The van der Waals surface area contributed by atoms with Gasteiger partial charge in [0.2, 0.25) is 17.5 Å². The Balaban J connectivity index is 2.16. The molecule has 0 aliphatic carbocycles. The van der Waals surface area contributed by atoms with Gasteiger partial charge >= 0.3 is 11.7 Å². The van der Waals surface area contributed by atoms with E-state index in [0.29, 0.717) is 0 Å². The lowest BCUT2D eigenvalue weighted by Crippen LogP contribution is -2.45. The first-order valence-electron chi connectivity index (χ1n) is 7.57. The van der Waals surface area contributed by atoms with E-state index in [4.69, 9.17) is 20.9 Å². The number of aromatic nitrogens is 3. The molecule has 1 aliphatic rings. The van der Waals surface area contributed by atoms with Crippen molar-refractivity contribution in [2.75, 3.05) is 12.3 Å². The lowest BCUT2D eigenvalue weighted by Gasteiger charge is -2.26. The van der Waals surface area contributed by atoms with E-state index in [1.165, 1.54) is 0 Å². The summed E-state index contributed by atoms with van der Waals surface area (Å²) in [5.74, 6) is -3.69. The second kappa shape index (κ2) is 6.73. The number of nitrogen functional groups attached to an aromatic ring is 1. The summed E-state index contributed by atoms with van der Waals surface area (Å²) in [6.07, 6.45) is 0.517. The van der Waals surface area contributed by atoms with Crippen LogP contribution in [0.2, 0.25) is 0 Å². The maximum atomic E-state index is 14.8. The maximum absolute atomic E-state index is 14.8. The van der Waals surface area contributed by atoms with E-state index < -0.39 is 35.9 Å². The van der Waals surface area contributed by atoms with E-state index in [0.717, 1.165) is 10.9 Å². The van der Waals surface area contributed by atoms with Crippen LogP contribution < -0.4 is 17.2 Å². The highest BCUT2D eigenvalue weighted by Crippen LogP contribution is 2.41. The third kappa shape index (κ3) is 3.75. The molecule has 10 nitrogen and oxygen atoms in total. The number of nitrogens with zero attached hydrogens (tertiary/aromatic N) is 4. The quantitative estimate of drug-likeness (QED) is 0.658. The van der Waals surface area contributed by atoms with Crippen molar-refractivity contribution in [2.24, 2.45) is 11.7 Å². The molecule has 1 aliphatic heterocycles. The molecule has 3 atom stereocenters. The fraction of sp³-hybridized carbons (Fsp3) is 0.643. The number of carbonyl (C=O) groups excluding carboxylic acids is 1. The fourth-order valence-electron chi connectivity index (χ4n) is 2.31. The molecule has 0 amide bonds. The fourth-order valence-corrected chi connectivity index (χ4v) is 2.31. The molecule has 4 N–H and O–H groups in total. The van der Waals surface area contributed by atoms with Gasteiger partial charge in [-0.2, -0.15) is 10.2 Å². The Labute approximate surface area is 142 Å². The number of hydrogen-bond acceptors (Lipinski definition) is 9. The molecule has 0 saturated carbocycles. The first-order chi connectivity index (χ1) is 11.6. The minimum Gasteiger partial charge on any atom is -0.458 e. The van der Waals surface area contributed by atoms with Crippen molar-refractivity contribution in [2.45, 2.75) is 44.3 Å². The van der Waals surface area contributed by atoms with Gasteiger partial charge in [0.1, 0.15) is 18.4 Å². The van der Waals surface area contributed by atoms with Crippen molar-refractivity contribution in [3.63, 3.8) is 0 Å². The predicted octanol–water partition coefficient (Wildman–Crippen LogP) is -0.600. The van der Waals surface area contributed by atoms with E-state index in [-0.39, 0.29) is 24.7 Å². The summed E-state index contributed by atoms with van der Waals surface area (Å²) < 4.78 is 25.6. The molecule has 1 saturated heterocycles. The topological polar surface area (TPSA) is 159 Å². The number of anilines is 1. The molecule has 2 heterocycles. The molecule has 136 valence electrons. The maximum Gasteiger partial charge on any atom is 0.355 e. The lowest BCUT2D eigenvalue weighted by molar-refractivity contribution is -0.214. The van der Waals surface area contributed by atoms with Gasteiger partial charge in [-0.25, -0.2) is 18.7 Å². The molecule has 1 aromatic rings. The summed E-state index contributed by atoms with van der Waals surface area (Å²) in [6, 6.07) is 0.849. The normalized spacial score (nSPS) is 27.0. The first-order valence-corrected chi connectivity index (χ1v) is 7.57. The lowest BCUT2D eigenvalue weighted by atomic mass is 10.1. The van der Waals surface area contributed by atoms with Crippen LogP contribution in [0.4, 0.5) is 10.3 Å². The SMILES string of the molecule is CC(C)[C@H](N)C(=O)OC[C@]1(F)CC[C@](C#N)(n2cnc(N)nc2=O)O1. The largest absolute Gasteiger partial charge is 0.458 e. The Morgan fingerprint density at radius 3 is 2.84 bits per heavy atom. The van der Waals surface area contributed by atoms with Crippen LogP contribution >= 0.6 is 0 Å². The molecule has 2 rings (SSSR count). The van der Waals surface area contributed by atoms with E-state index >= 15 is 0 Å². The first kappa shape index (κ1) is 18.8. The third-order valence-corrected chi connectivity index (χ3v) is 3.89. The Bertz CT molecular complexity index is 762. The monoisotopic (exact) mass is 354 g/mol. The van der Waals surface area contributed by atoms with Crippen LogP contribution in [0, 0.1) is 17.2 Å². The predicted molar refractivity (Wildman–Crippen MR) is 82.2 cm³/mol. The zero-order valence-electron chi connectivity index (χ0n) is 13.8. The summed E-state index contributed by atoms with van der Waals surface area (Å²) in [5, 5.41) is 9.42. The number of hydrogen-bond donors (Lipinski definition) is 2. The molecule has 0 radical (unpaired) electrons. The molecule has 1 fully saturated rings. The van der Waals surface area contributed by atoms with Crippen LogP contribution in [0.25, 0.3) is 0 Å². The van der Waals surface area contributed by atoms with Crippen LogP contribution in [-0.4, -0.2) is 39.0 Å². The average molecular weight is 354 g/mol. The number of nitrogens with two attached hydrogens (primary N) is 2. The van der Waals surface area contributed by atoms with Crippen molar-refractivity contribution in [3.05, 3.63) is 16.8 Å². The number of halogens is 1. The van der Waals surface area contributed by atoms with Gasteiger partial charge in [0, 0.05) is 12.8 Å². The highest BCUT2D eigenvalue weighted by Gasteiger charge is 2.53. The highest BCUT2D eigenvalue weighted by molar-refractivity contribution is 5.75. The average Bonchev–Trinajstić information content (AvgIpc) is 2.90. The number of alkyl halides is 1. The Hall–Kier alpha value is -2.58. The molecule has 0 spiro atoms. The number of nitriles is 1. The standard InChI is InChI=1S/C14H19FN6O4/c1-8(2)9(17)10(22)24-6-13(15)3-4-14(5-16,25-13)21-7-19-11(18)20-12(21)23/h7-9H,3-4,6,17H2,1-2H3,(H2,18,20,23)/t9-,13-,14-/m0/s1. The second-order valence-electron chi connectivity index (χ2n) is 6.13. The summed E-state index contributed by atoms with van der Waals surface area (Å²) in [4.78, 5) is 30.7. The summed E-state index contributed by atoms with van der Waals surface area (Å²) in [7, 11) is 0. The minimum atomic E-state index is -2.44. The van der Waals surface area contributed by atoms with Crippen LogP contribution in [0.1, 0.15) is 26.7 Å². The number of esters is 1. The van der Waals surface area contributed by atoms with E-state index in [2.05, 4.69) is 9.97 Å². The molecule has 0 unspecified atom stereocenters. The number of rotatable bonds is 5. The van der Waals surface area contributed by atoms with Gasteiger partial charge in [0.15, 0.2) is 6.61 Å². The number of carbonyl (C=O) groups is 1. The zero-order chi connectivity index (χ0) is 18.8. The summed E-state index contributed by atoms with van der Waals surface area (Å²) in [5.41, 5.74) is 8.07. The molecule has 0 aromatic carbocycles. The van der Waals surface area contributed by atoms with Gasteiger partial charge in [0.25, 0.3) is 0 Å². The van der Waals surface area contributed by atoms with Gasteiger partial charge < -0.3 is 20.9 Å². The Morgan fingerprint density at radius 1 is 1.60 bits per heavy atom. The van der Waals surface area contributed by atoms with Crippen LogP contribution in [-0.2, 0) is 20.0 Å². The third-order valence-electron chi connectivity index (χ3n) is 3.89. The summed E-state index contributed by atoms with van der Waals surface area (Å²) in [6.45, 7) is 2.69. The van der Waals surface area contributed by atoms with Crippen molar-refractivity contribution in [1.29, 1.82) is 5.26 Å². The molecule has 25 heavy (non-hydrogen) atoms. The smallest absolute Gasteiger partial charge is 0.355 e. The van der Waals surface area contributed by atoms with Crippen molar-refractivity contribution < 1.29 is 18.7 Å². The van der Waals surface area contributed by atoms with E-state index in [9.17, 15) is 19.2 Å². The van der Waals surface area contributed by atoms with E-state index in [1.807, 2.05) is 0 Å². The van der Waals surface area contributed by atoms with Crippen LogP contribution in [0.15, 0.2) is 11.1 Å². The number of ether oxygens (including phenoxy) is 2. The van der Waals surface area contributed by atoms with Gasteiger partial charge in [0.05, 0.1) is 0 Å². The molecular formula is C14H19FN6O4. The van der Waals surface area contributed by atoms with Gasteiger partial charge in [-0.05, 0) is 5.92 Å². The van der Waals surface area contributed by atoms with Gasteiger partial charge in [-0.15, -0.1) is 0 Å². The zero-order valence-corrected chi connectivity index (χ0v) is 13.8. The molecular weight excluding hydrogens is 335 g/mol. The Kier molecular flexibility index (Phi) is 5.05. The molecule has 0 bridgehead atoms. The summed E-state index contributed by atoms with van der Waals surface area (Å²) >= 11 is 0. The molecule has 1 aromatic heterocycles. The van der Waals surface area contributed by atoms with Crippen molar-refractivity contribution in [3.8, 4) is 6.07 Å². The van der Waals surface area contributed by atoms with Crippen molar-refractivity contribution in [1.82, 2.24) is 14.5 Å².